The maximum Gasteiger partial charge on any atom is 0.250 e. The van der Waals surface area contributed by atoms with Crippen LogP contribution in [0.15, 0.2) is 53.2 Å². The highest BCUT2D eigenvalue weighted by Gasteiger charge is 2.14. The van der Waals surface area contributed by atoms with E-state index in [1.807, 2.05) is 0 Å². The van der Waals surface area contributed by atoms with Crippen molar-refractivity contribution >= 4 is 40.1 Å². The number of amides is 1. The van der Waals surface area contributed by atoms with Crippen LogP contribution in [-0.2, 0) is 0 Å². The molecule has 128 valence electrons. The van der Waals surface area contributed by atoms with E-state index in [2.05, 4.69) is 15.1 Å². The Balaban J connectivity index is 1.79. The molecule has 8 heteroatoms. The number of para-hydroxylation sites is 1. The van der Waals surface area contributed by atoms with Crippen LogP contribution in [-0.4, -0.2) is 21.0 Å². The van der Waals surface area contributed by atoms with E-state index in [0.29, 0.717) is 43.8 Å². The van der Waals surface area contributed by atoms with Gasteiger partial charge in [0.15, 0.2) is 5.76 Å². The first-order valence-corrected chi connectivity index (χ1v) is 8.26. The Bertz CT molecular complexity index is 1160. The van der Waals surface area contributed by atoms with E-state index in [0.717, 1.165) is 5.56 Å². The second-order valence-corrected chi connectivity index (χ2v) is 6.31. The van der Waals surface area contributed by atoms with E-state index in [1.165, 1.54) is 0 Å². The quantitative estimate of drug-likeness (QED) is 0.566. The highest BCUT2D eigenvalue weighted by molar-refractivity contribution is 6.42. The summed E-state index contributed by atoms with van der Waals surface area (Å²) in [7, 11) is 0. The Morgan fingerprint density at radius 2 is 1.88 bits per heavy atom. The van der Waals surface area contributed by atoms with Gasteiger partial charge in [-0.05, 0) is 24.3 Å². The average Bonchev–Trinajstić information content (AvgIpc) is 3.13. The van der Waals surface area contributed by atoms with Gasteiger partial charge in [0.05, 0.1) is 27.3 Å². The van der Waals surface area contributed by atoms with Gasteiger partial charge in [-0.2, -0.15) is 0 Å². The molecule has 0 saturated carbocycles. The standard InChI is InChI=1S/C18H10Cl2N4O2/c19-11-5-4-9(6-12(11)20)14-7-16(26-24-14)15-8-22-13-3-1-2-10(18(21)25)17(13)23-15/h1-8H,(H2,21,25). The summed E-state index contributed by atoms with van der Waals surface area (Å²) in [6, 6.07) is 11.9. The molecule has 0 fully saturated rings. The molecule has 0 spiro atoms. The van der Waals surface area contributed by atoms with Crippen LogP contribution in [0.1, 0.15) is 10.4 Å². The summed E-state index contributed by atoms with van der Waals surface area (Å²) in [6.45, 7) is 0. The van der Waals surface area contributed by atoms with Crippen molar-refractivity contribution in [3.8, 4) is 22.7 Å². The van der Waals surface area contributed by atoms with Crippen molar-refractivity contribution in [3.05, 3.63) is 64.3 Å². The maximum atomic E-state index is 11.6. The molecule has 2 N–H and O–H groups in total. The van der Waals surface area contributed by atoms with Crippen LogP contribution in [0.2, 0.25) is 10.0 Å². The predicted octanol–water partition coefficient (Wildman–Crippen LogP) is 4.36. The van der Waals surface area contributed by atoms with E-state index in [4.69, 9.17) is 33.5 Å². The second kappa shape index (κ2) is 6.40. The summed E-state index contributed by atoms with van der Waals surface area (Å²) < 4.78 is 5.38. The molecule has 4 rings (SSSR count). The number of rotatable bonds is 3. The largest absolute Gasteiger partial charge is 0.366 e. The lowest BCUT2D eigenvalue weighted by Gasteiger charge is -2.03. The zero-order valence-electron chi connectivity index (χ0n) is 13.1. The zero-order chi connectivity index (χ0) is 18.3. The molecular formula is C18H10Cl2N4O2. The summed E-state index contributed by atoms with van der Waals surface area (Å²) in [6.07, 6.45) is 1.55. The van der Waals surface area contributed by atoms with Gasteiger partial charge >= 0.3 is 0 Å². The number of nitrogens with two attached hydrogens (primary N) is 1. The number of nitrogens with zero attached hydrogens (tertiary/aromatic N) is 3. The van der Waals surface area contributed by atoms with Crippen molar-refractivity contribution in [1.29, 1.82) is 0 Å². The van der Waals surface area contributed by atoms with Gasteiger partial charge in [-0.1, -0.05) is 40.5 Å². The third-order valence-electron chi connectivity index (χ3n) is 3.82. The molecule has 0 saturated heterocycles. The molecule has 0 radical (unpaired) electrons. The monoisotopic (exact) mass is 384 g/mol. The fourth-order valence-electron chi connectivity index (χ4n) is 2.54. The molecule has 0 bridgehead atoms. The molecule has 0 aliphatic rings. The van der Waals surface area contributed by atoms with Crippen LogP contribution in [0.25, 0.3) is 33.7 Å². The van der Waals surface area contributed by atoms with Crippen molar-refractivity contribution in [1.82, 2.24) is 15.1 Å². The number of carbonyl (C=O) groups excluding carboxylic acids is 1. The first-order chi connectivity index (χ1) is 12.5. The number of halogens is 2. The van der Waals surface area contributed by atoms with E-state index in [1.54, 1.807) is 48.7 Å². The highest BCUT2D eigenvalue weighted by Crippen LogP contribution is 2.30. The van der Waals surface area contributed by atoms with Crippen molar-refractivity contribution in [2.75, 3.05) is 0 Å². The lowest BCUT2D eigenvalue weighted by Crippen LogP contribution is -2.12. The van der Waals surface area contributed by atoms with Crippen LogP contribution in [0.4, 0.5) is 0 Å². The number of hydrogen-bond donors (Lipinski definition) is 1. The van der Waals surface area contributed by atoms with Crippen molar-refractivity contribution in [3.63, 3.8) is 0 Å². The van der Waals surface area contributed by atoms with Gasteiger partial charge < -0.3 is 10.3 Å². The van der Waals surface area contributed by atoms with Crippen molar-refractivity contribution in [2.45, 2.75) is 0 Å². The minimum absolute atomic E-state index is 0.293. The molecule has 0 aliphatic heterocycles. The normalized spacial score (nSPS) is 11.0. The summed E-state index contributed by atoms with van der Waals surface area (Å²) in [5.74, 6) is -0.170. The molecule has 26 heavy (non-hydrogen) atoms. The molecule has 0 atom stereocenters. The molecule has 4 aromatic rings. The van der Waals surface area contributed by atoms with Gasteiger partial charge in [-0.3, -0.25) is 9.78 Å². The number of aromatic nitrogens is 3. The Labute approximate surface area is 157 Å². The van der Waals surface area contributed by atoms with E-state index in [-0.39, 0.29) is 0 Å². The number of benzene rings is 2. The average molecular weight is 385 g/mol. The fraction of sp³-hybridized carbons (Fsp3) is 0. The molecule has 2 aromatic heterocycles. The van der Waals surface area contributed by atoms with Gasteiger partial charge in [-0.25, -0.2) is 4.98 Å². The summed E-state index contributed by atoms with van der Waals surface area (Å²) >= 11 is 12.0. The first kappa shape index (κ1) is 16.5. The van der Waals surface area contributed by atoms with Gasteiger partial charge in [-0.15, -0.1) is 0 Å². The topological polar surface area (TPSA) is 94.9 Å². The lowest BCUT2D eigenvalue weighted by atomic mass is 10.1. The predicted molar refractivity (Wildman–Crippen MR) is 99.0 cm³/mol. The van der Waals surface area contributed by atoms with E-state index in [9.17, 15) is 4.79 Å². The third kappa shape index (κ3) is 2.89. The van der Waals surface area contributed by atoms with Gasteiger partial charge in [0, 0.05) is 11.6 Å². The third-order valence-corrected chi connectivity index (χ3v) is 4.56. The van der Waals surface area contributed by atoms with Crippen molar-refractivity contribution in [2.24, 2.45) is 5.73 Å². The lowest BCUT2D eigenvalue weighted by molar-refractivity contribution is 0.100. The Hall–Kier alpha value is -2.96. The van der Waals surface area contributed by atoms with Crippen LogP contribution in [0, 0.1) is 0 Å². The minimum Gasteiger partial charge on any atom is -0.366 e. The molecule has 6 nitrogen and oxygen atoms in total. The Morgan fingerprint density at radius 1 is 1.04 bits per heavy atom. The second-order valence-electron chi connectivity index (χ2n) is 5.50. The van der Waals surface area contributed by atoms with Crippen LogP contribution < -0.4 is 5.73 Å². The Morgan fingerprint density at radius 3 is 2.65 bits per heavy atom. The number of hydrogen-bond acceptors (Lipinski definition) is 5. The van der Waals surface area contributed by atoms with Gasteiger partial charge in [0.25, 0.3) is 5.91 Å². The van der Waals surface area contributed by atoms with E-state index >= 15 is 0 Å². The molecule has 0 aliphatic carbocycles. The maximum absolute atomic E-state index is 11.6. The smallest absolute Gasteiger partial charge is 0.250 e. The molecule has 2 aromatic carbocycles. The van der Waals surface area contributed by atoms with Gasteiger partial charge in [0.2, 0.25) is 0 Å². The van der Waals surface area contributed by atoms with Crippen LogP contribution in [0.3, 0.4) is 0 Å². The summed E-state index contributed by atoms with van der Waals surface area (Å²) in [4.78, 5) is 20.4. The zero-order valence-corrected chi connectivity index (χ0v) is 14.6. The fourth-order valence-corrected chi connectivity index (χ4v) is 2.84. The molecule has 0 unspecified atom stereocenters. The van der Waals surface area contributed by atoms with E-state index < -0.39 is 5.91 Å². The summed E-state index contributed by atoms with van der Waals surface area (Å²) in [5.41, 5.74) is 8.43. The minimum atomic E-state index is -0.573. The summed E-state index contributed by atoms with van der Waals surface area (Å²) in [5, 5.41) is 4.91. The SMILES string of the molecule is NC(=O)c1cccc2ncc(-c3cc(-c4ccc(Cl)c(Cl)c4)no3)nc12. The number of carbonyl (C=O) groups is 1. The van der Waals surface area contributed by atoms with Crippen LogP contribution in [0.5, 0.6) is 0 Å². The molecule has 1 amide bonds. The van der Waals surface area contributed by atoms with Gasteiger partial charge in [0.1, 0.15) is 16.9 Å². The number of fused-ring (bicyclic) bond motifs is 1. The first-order valence-electron chi connectivity index (χ1n) is 7.51. The molecular weight excluding hydrogens is 375 g/mol. The Kier molecular flexibility index (Phi) is 4.06. The number of primary amides is 1. The van der Waals surface area contributed by atoms with Crippen molar-refractivity contribution < 1.29 is 9.32 Å². The highest BCUT2D eigenvalue weighted by atomic mass is 35.5. The van der Waals surface area contributed by atoms with Crippen LogP contribution >= 0.6 is 23.2 Å². The molecule has 2 heterocycles.